The van der Waals surface area contributed by atoms with Gasteiger partial charge in [0, 0.05) is 23.1 Å². The first-order valence-electron chi connectivity index (χ1n) is 12.7. The lowest BCUT2D eigenvalue weighted by Gasteiger charge is -2.09. The molecule has 4 aromatic rings. The lowest BCUT2D eigenvalue weighted by Crippen LogP contribution is -2.06. The second-order valence-electron chi connectivity index (χ2n) is 9.30. The molecule has 11 heteroatoms. The first-order chi connectivity index (χ1) is 18.9. The van der Waals surface area contributed by atoms with Crippen LogP contribution >= 0.6 is 11.3 Å². The highest BCUT2D eigenvalue weighted by Crippen LogP contribution is 2.38. The number of nitrogens with zero attached hydrogens (tertiary/aromatic N) is 3. The molecule has 208 valence electrons. The van der Waals surface area contributed by atoms with Crippen LogP contribution in [0.4, 0.5) is 4.39 Å². The fourth-order valence-electron chi connectivity index (χ4n) is 4.46. The number of carbonyl (C=O) groups is 1. The maximum absolute atomic E-state index is 14.7. The van der Waals surface area contributed by atoms with E-state index in [0.29, 0.717) is 27.9 Å². The SMILES string of the molecule is CC#Cc1cccc(-c2nn(-c3ncc(C(=O)OCC)s3)c(CC3CC3)c2Cc2ccc([SH+](N)=O)c(F)c2)c1.[OH-]. The van der Waals surface area contributed by atoms with Gasteiger partial charge in [-0.05, 0) is 68.9 Å². The smallest absolute Gasteiger partial charge is 0.350 e. The van der Waals surface area contributed by atoms with Gasteiger partial charge in [-0.15, -0.1) is 11.1 Å². The fraction of sp³-hybridized carbons (Fsp3) is 0.276. The Morgan fingerprint density at radius 1 is 1.27 bits per heavy atom. The van der Waals surface area contributed by atoms with Crippen molar-refractivity contribution >= 4 is 28.3 Å². The normalized spacial score (nSPS) is 13.2. The highest BCUT2D eigenvalue weighted by Gasteiger charge is 2.29. The molecule has 8 nitrogen and oxygen atoms in total. The Bertz CT molecular complexity index is 1630. The Morgan fingerprint density at radius 2 is 2.08 bits per heavy atom. The van der Waals surface area contributed by atoms with E-state index in [9.17, 15) is 13.4 Å². The minimum atomic E-state index is -2.28. The van der Waals surface area contributed by atoms with E-state index >= 15 is 0 Å². The standard InChI is InChI=1S/C29H27FN4O3S2.H2O/c1-3-6-18-7-5-8-21(13-18)27-22(14-20-11-12-26(39(31)36)23(30)15-20)24(16-19-9-10-19)34(33-27)29-32-17-25(38-29)28(35)37-4-2;/h5,7-8,11-13,15,17,19H,4,9-10,14,16H2,1-2H3,(H2,31,36);1H2. The Balaban J connectivity index is 0.00000370. The van der Waals surface area contributed by atoms with Crippen LogP contribution in [0.2, 0.25) is 0 Å². The van der Waals surface area contributed by atoms with E-state index in [1.54, 1.807) is 19.9 Å². The molecule has 0 aliphatic heterocycles. The highest BCUT2D eigenvalue weighted by molar-refractivity contribution is 7.82. The molecule has 0 spiro atoms. The molecule has 1 saturated carbocycles. The number of nitrogens with two attached hydrogens (primary N) is 1. The zero-order chi connectivity index (χ0) is 27.5. The van der Waals surface area contributed by atoms with Gasteiger partial charge in [0.15, 0.2) is 16.8 Å². The molecule has 3 N–H and O–H groups in total. The third-order valence-corrected chi connectivity index (χ3v) is 8.25. The summed E-state index contributed by atoms with van der Waals surface area (Å²) in [6, 6.07) is 12.5. The molecule has 2 aromatic carbocycles. The van der Waals surface area contributed by atoms with Crippen molar-refractivity contribution in [2.75, 3.05) is 6.61 Å². The predicted octanol–water partition coefficient (Wildman–Crippen LogP) is 4.98. The zero-order valence-corrected chi connectivity index (χ0v) is 23.8. The van der Waals surface area contributed by atoms with Crippen molar-refractivity contribution in [1.82, 2.24) is 14.8 Å². The first-order valence-corrected chi connectivity index (χ1v) is 14.8. The van der Waals surface area contributed by atoms with Gasteiger partial charge >= 0.3 is 5.97 Å². The van der Waals surface area contributed by atoms with Crippen molar-refractivity contribution in [2.45, 2.75) is 44.4 Å². The van der Waals surface area contributed by atoms with Crippen LogP contribution in [0, 0.1) is 23.6 Å². The van der Waals surface area contributed by atoms with E-state index in [2.05, 4.69) is 16.8 Å². The molecule has 1 fully saturated rings. The van der Waals surface area contributed by atoms with Gasteiger partial charge in [-0.2, -0.15) is 5.10 Å². The van der Waals surface area contributed by atoms with Gasteiger partial charge in [-0.25, -0.2) is 18.9 Å². The molecule has 0 amide bonds. The van der Waals surface area contributed by atoms with Crippen LogP contribution in [0.25, 0.3) is 16.4 Å². The number of thiol groups is 1. The molecule has 2 heterocycles. The summed E-state index contributed by atoms with van der Waals surface area (Å²) in [5.74, 6) is 5.55. The number of esters is 1. The number of hydrogen-bond acceptors (Lipinski definition) is 7. The highest BCUT2D eigenvalue weighted by atomic mass is 32.2. The van der Waals surface area contributed by atoms with Crippen LogP contribution in [0.15, 0.2) is 53.6 Å². The average Bonchev–Trinajstić information content (AvgIpc) is 3.47. The van der Waals surface area contributed by atoms with Crippen LogP contribution in [0.1, 0.15) is 58.7 Å². The van der Waals surface area contributed by atoms with Gasteiger partial charge in [0.1, 0.15) is 4.88 Å². The summed E-state index contributed by atoms with van der Waals surface area (Å²) in [6.07, 6.45) is 4.94. The molecule has 1 unspecified atom stereocenters. The number of aromatic nitrogens is 3. The summed E-state index contributed by atoms with van der Waals surface area (Å²) in [5, 5.41) is 11.0. The van der Waals surface area contributed by atoms with Crippen LogP contribution in [-0.4, -0.2) is 32.8 Å². The number of thiazole rings is 1. The summed E-state index contributed by atoms with van der Waals surface area (Å²) >= 11 is 1.22. The quantitative estimate of drug-likeness (QED) is 0.129. The van der Waals surface area contributed by atoms with E-state index in [1.807, 2.05) is 28.9 Å². The molecular weight excluding hydrogens is 551 g/mol. The Morgan fingerprint density at radius 3 is 2.75 bits per heavy atom. The number of rotatable bonds is 9. The largest absolute Gasteiger partial charge is 0.870 e. The van der Waals surface area contributed by atoms with Gasteiger partial charge in [-0.3, -0.25) is 0 Å². The summed E-state index contributed by atoms with van der Waals surface area (Å²) in [5.41, 5.74) is 5.11. The molecule has 1 atom stereocenters. The molecule has 0 saturated heterocycles. The molecule has 0 radical (unpaired) electrons. The monoisotopic (exact) mass is 580 g/mol. The van der Waals surface area contributed by atoms with Gasteiger partial charge in [0.25, 0.3) is 0 Å². The minimum absolute atomic E-state index is 0. The number of benzene rings is 2. The van der Waals surface area contributed by atoms with Crippen LogP contribution in [-0.2, 0) is 32.8 Å². The summed E-state index contributed by atoms with van der Waals surface area (Å²) in [6.45, 7) is 3.83. The number of ether oxygens (including phenoxy) is 1. The summed E-state index contributed by atoms with van der Waals surface area (Å²) in [4.78, 5) is 17.3. The average molecular weight is 581 g/mol. The van der Waals surface area contributed by atoms with Gasteiger partial charge < -0.3 is 10.2 Å². The molecular formula is C29H29FN4O4S2. The fourth-order valence-corrected chi connectivity index (χ4v) is 5.74. The van der Waals surface area contributed by atoms with Gasteiger partial charge in [0.05, 0.1) is 24.2 Å². The van der Waals surface area contributed by atoms with Crippen molar-refractivity contribution in [3.63, 3.8) is 0 Å². The summed E-state index contributed by atoms with van der Waals surface area (Å²) < 4.78 is 33.4. The molecule has 1 aliphatic rings. The Kier molecular flexibility index (Phi) is 9.27. The van der Waals surface area contributed by atoms with Crippen molar-refractivity contribution in [3.8, 4) is 28.2 Å². The Hall–Kier alpha value is -3.69. The van der Waals surface area contributed by atoms with Gasteiger partial charge in [0.2, 0.25) is 10.0 Å². The molecule has 1 aliphatic carbocycles. The number of halogens is 1. The number of carbonyl (C=O) groups excluding carboxylic acids is 1. The molecule has 2 aromatic heterocycles. The van der Waals surface area contributed by atoms with Crippen LogP contribution < -0.4 is 5.14 Å². The van der Waals surface area contributed by atoms with E-state index in [4.69, 9.17) is 15.0 Å². The second kappa shape index (κ2) is 12.7. The molecule has 40 heavy (non-hydrogen) atoms. The zero-order valence-electron chi connectivity index (χ0n) is 22.1. The van der Waals surface area contributed by atoms with E-state index < -0.39 is 22.8 Å². The van der Waals surface area contributed by atoms with E-state index in [0.717, 1.165) is 47.3 Å². The van der Waals surface area contributed by atoms with E-state index in [-0.39, 0.29) is 17.0 Å². The topological polar surface area (TPSA) is 130 Å². The third-order valence-electron chi connectivity index (χ3n) is 6.46. The third kappa shape index (κ3) is 6.37. The first kappa shape index (κ1) is 29.3. The van der Waals surface area contributed by atoms with Crippen molar-refractivity contribution in [1.29, 1.82) is 0 Å². The predicted molar refractivity (Wildman–Crippen MR) is 153 cm³/mol. The van der Waals surface area contributed by atoms with Crippen molar-refractivity contribution in [3.05, 3.63) is 81.7 Å². The maximum Gasteiger partial charge on any atom is 0.350 e. The molecule has 5 rings (SSSR count). The second-order valence-corrected chi connectivity index (χ2v) is 11.4. The van der Waals surface area contributed by atoms with Crippen molar-refractivity contribution in [2.24, 2.45) is 11.1 Å². The lowest BCUT2D eigenvalue weighted by molar-refractivity contribution is 0.0531. The maximum atomic E-state index is 14.7. The van der Waals surface area contributed by atoms with Gasteiger partial charge in [-0.1, -0.05) is 39.7 Å². The van der Waals surface area contributed by atoms with Crippen LogP contribution in [0.5, 0.6) is 0 Å². The summed E-state index contributed by atoms with van der Waals surface area (Å²) in [7, 11) is -2.28. The van der Waals surface area contributed by atoms with E-state index in [1.165, 1.54) is 29.7 Å². The molecule has 0 bridgehead atoms. The lowest BCUT2D eigenvalue weighted by atomic mass is 9.96. The van der Waals surface area contributed by atoms with Crippen LogP contribution in [0.3, 0.4) is 0 Å². The van der Waals surface area contributed by atoms with Crippen molar-refractivity contribution < 1.29 is 23.6 Å². The minimum Gasteiger partial charge on any atom is -0.870 e. The number of hydrogen-bond donors (Lipinski definition) is 1. The Labute approximate surface area is 238 Å².